The molecule has 2 saturated heterocycles. The van der Waals surface area contributed by atoms with Gasteiger partial charge < -0.3 is 9.80 Å². The summed E-state index contributed by atoms with van der Waals surface area (Å²) in [6.07, 6.45) is 7.49. The number of aryl methyl sites for hydroxylation is 1. The molecule has 156 valence electrons. The fourth-order valence-electron chi connectivity index (χ4n) is 4.55. The van der Waals surface area contributed by atoms with Crippen LogP contribution < -0.4 is 0 Å². The van der Waals surface area contributed by atoms with Crippen molar-refractivity contribution < 1.29 is 9.59 Å². The molecular weight excluding hydrogens is 366 g/mol. The second kappa shape index (κ2) is 8.13. The van der Waals surface area contributed by atoms with Crippen LogP contribution in [-0.2, 0) is 4.79 Å². The van der Waals surface area contributed by atoms with E-state index in [2.05, 4.69) is 23.9 Å². The summed E-state index contributed by atoms with van der Waals surface area (Å²) >= 11 is 0. The highest BCUT2D eigenvalue weighted by atomic mass is 16.2. The molecule has 0 saturated carbocycles. The van der Waals surface area contributed by atoms with Gasteiger partial charge in [0.1, 0.15) is 6.04 Å². The third-order valence-corrected chi connectivity index (χ3v) is 6.40. The Labute approximate surface area is 172 Å². The monoisotopic (exact) mass is 397 g/mol. The molecule has 2 fully saturated rings. The second-order valence-corrected chi connectivity index (χ2v) is 8.44. The first-order valence-electron chi connectivity index (χ1n) is 11.0. The number of nitrogens with zero attached hydrogens (tertiary/aromatic N) is 5. The Bertz CT molecular complexity index is 915. The van der Waals surface area contributed by atoms with E-state index in [1.165, 1.54) is 0 Å². The first-order chi connectivity index (χ1) is 14.0. The van der Waals surface area contributed by atoms with Crippen LogP contribution in [0, 0.1) is 6.92 Å². The van der Waals surface area contributed by atoms with Crippen molar-refractivity contribution in [1.29, 1.82) is 0 Å². The lowest BCUT2D eigenvalue weighted by Gasteiger charge is -2.37. The molecule has 2 aliphatic heterocycles. The lowest BCUT2D eigenvalue weighted by Crippen LogP contribution is -2.52. The largest absolute Gasteiger partial charge is 0.341 e. The van der Waals surface area contributed by atoms with Crippen LogP contribution in [-0.4, -0.2) is 62.1 Å². The van der Waals surface area contributed by atoms with Crippen LogP contribution in [0.3, 0.4) is 0 Å². The van der Waals surface area contributed by atoms with Crippen molar-refractivity contribution >= 4 is 22.8 Å². The molecule has 2 amide bonds. The van der Waals surface area contributed by atoms with Gasteiger partial charge in [-0.1, -0.05) is 6.92 Å². The number of piperidine rings is 1. The van der Waals surface area contributed by atoms with E-state index in [1.54, 1.807) is 11.1 Å². The Kier molecular flexibility index (Phi) is 5.56. The molecule has 7 nitrogen and oxygen atoms in total. The van der Waals surface area contributed by atoms with Crippen LogP contribution in [0.4, 0.5) is 0 Å². The van der Waals surface area contributed by atoms with Gasteiger partial charge in [0, 0.05) is 25.3 Å². The van der Waals surface area contributed by atoms with E-state index in [0.29, 0.717) is 12.1 Å². The third kappa shape index (κ3) is 3.63. The minimum Gasteiger partial charge on any atom is -0.341 e. The number of carbonyl (C=O) groups excluding carboxylic acids is 2. The zero-order valence-electron chi connectivity index (χ0n) is 17.7. The van der Waals surface area contributed by atoms with Gasteiger partial charge in [0.15, 0.2) is 5.65 Å². The minimum absolute atomic E-state index is 0.0681. The fourth-order valence-corrected chi connectivity index (χ4v) is 4.55. The topological polar surface area (TPSA) is 71.3 Å². The highest BCUT2D eigenvalue weighted by Gasteiger charge is 2.36. The van der Waals surface area contributed by atoms with Crippen molar-refractivity contribution in [2.45, 2.75) is 71.4 Å². The van der Waals surface area contributed by atoms with E-state index in [9.17, 15) is 9.59 Å². The average molecular weight is 398 g/mol. The van der Waals surface area contributed by atoms with E-state index < -0.39 is 0 Å². The molecule has 7 heteroatoms. The molecule has 29 heavy (non-hydrogen) atoms. The predicted molar refractivity (Wildman–Crippen MR) is 112 cm³/mol. The molecule has 0 radical (unpaired) electrons. The summed E-state index contributed by atoms with van der Waals surface area (Å²) in [5, 5.41) is 5.30. The minimum atomic E-state index is -0.345. The molecule has 2 aromatic rings. The van der Waals surface area contributed by atoms with Crippen molar-refractivity contribution in [1.82, 2.24) is 24.6 Å². The van der Waals surface area contributed by atoms with Crippen LogP contribution in [0.5, 0.6) is 0 Å². The number of carbonyl (C=O) groups is 2. The molecule has 4 rings (SSSR count). The van der Waals surface area contributed by atoms with Crippen LogP contribution in [0.25, 0.3) is 11.0 Å². The maximum Gasteiger partial charge on any atom is 0.255 e. The molecule has 0 spiro atoms. The quantitative estimate of drug-likeness (QED) is 0.793. The Morgan fingerprint density at radius 1 is 1.17 bits per heavy atom. The lowest BCUT2D eigenvalue weighted by molar-refractivity contribution is -0.136. The van der Waals surface area contributed by atoms with Gasteiger partial charge in [0.2, 0.25) is 5.91 Å². The van der Waals surface area contributed by atoms with E-state index in [1.807, 2.05) is 22.6 Å². The summed E-state index contributed by atoms with van der Waals surface area (Å²) in [7, 11) is 0. The van der Waals surface area contributed by atoms with Crippen molar-refractivity contribution in [3.05, 3.63) is 23.5 Å². The average Bonchev–Trinajstić information content (AvgIpc) is 3.41. The Morgan fingerprint density at radius 3 is 2.62 bits per heavy atom. The number of amides is 2. The van der Waals surface area contributed by atoms with Crippen molar-refractivity contribution in [2.75, 3.05) is 19.6 Å². The van der Waals surface area contributed by atoms with Gasteiger partial charge in [0.05, 0.1) is 23.2 Å². The van der Waals surface area contributed by atoms with Gasteiger partial charge in [-0.25, -0.2) is 9.67 Å². The van der Waals surface area contributed by atoms with Crippen LogP contribution in [0.2, 0.25) is 0 Å². The van der Waals surface area contributed by atoms with Gasteiger partial charge >= 0.3 is 0 Å². The normalized spacial score (nSPS) is 21.0. The zero-order chi connectivity index (χ0) is 20.5. The van der Waals surface area contributed by atoms with Gasteiger partial charge in [-0.2, -0.15) is 5.10 Å². The third-order valence-electron chi connectivity index (χ3n) is 6.40. The van der Waals surface area contributed by atoms with Gasteiger partial charge in [-0.05, 0) is 58.4 Å². The van der Waals surface area contributed by atoms with Gasteiger partial charge in [0.25, 0.3) is 5.91 Å². The molecule has 0 unspecified atom stereocenters. The number of hydrogen-bond acceptors (Lipinski definition) is 4. The number of hydrogen-bond donors (Lipinski definition) is 0. The van der Waals surface area contributed by atoms with Crippen molar-refractivity contribution in [2.24, 2.45) is 0 Å². The maximum absolute atomic E-state index is 13.6. The van der Waals surface area contributed by atoms with E-state index in [4.69, 9.17) is 0 Å². The number of pyridine rings is 1. The molecular formula is C22H31N5O2. The number of fused-ring (bicyclic) bond motifs is 1. The standard InChI is InChI=1S/C22H31N5O2/c1-4-16(3)27-20-18(14-23-27)17(13-15(2)24-20)21(28)26-12-6-5-9-19(26)22(29)25-10-7-8-11-25/h13-14,16,19H,4-12H2,1-3H3/t16-,19+/m1/s1. The van der Waals surface area contributed by atoms with Crippen molar-refractivity contribution in [3.8, 4) is 0 Å². The van der Waals surface area contributed by atoms with E-state index in [-0.39, 0.29) is 23.9 Å². The van der Waals surface area contributed by atoms with Gasteiger partial charge in [-0.3, -0.25) is 9.59 Å². The van der Waals surface area contributed by atoms with Crippen molar-refractivity contribution in [3.63, 3.8) is 0 Å². The second-order valence-electron chi connectivity index (χ2n) is 8.44. The first kappa shape index (κ1) is 19.9. The number of rotatable bonds is 4. The molecule has 2 atom stereocenters. The van der Waals surface area contributed by atoms with E-state index >= 15 is 0 Å². The lowest BCUT2D eigenvalue weighted by atomic mass is 9.99. The SMILES string of the molecule is CC[C@@H](C)n1ncc2c(C(=O)N3CCCC[C@H]3C(=O)N3CCCC3)cc(C)nc21. The molecule has 2 aliphatic rings. The summed E-state index contributed by atoms with van der Waals surface area (Å²) in [6.45, 7) is 8.39. The first-order valence-corrected chi connectivity index (χ1v) is 11.0. The number of likely N-dealkylation sites (tertiary alicyclic amines) is 2. The highest BCUT2D eigenvalue weighted by molar-refractivity contribution is 6.07. The Morgan fingerprint density at radius 2 is 1.90 bits per heavy atom. The van der Waals surface area contributed by atoms with Gasteiger partial charge in [-0.15, -0.1) is 0 Å². The molecule has 2 aromatic heterocycles. The zero-order valence-corrected chi connectivity index (χ0v) is 17.7. The van der Waals surface area contributed by atoms with E-state index in [0.717, 1.165) is 68.3 Å². The predicted octanol–water partition coefficient (Wildman–Crippen LogP) is 3.33. The molecule has 0 bridgehead atoms. The Hall–Kier alpha value is -2.44. The molecule has 0 aliphatic carbocycles. The summed E-state index contributed by atoms with van der Waals surface area (Å²) in [5.41, 5.74) is 2.16. The fraction of sp³-hybridized carbons (Fsp3) is 0.636. The summed E-state index contributed by atoms with van der Waals surface area (Å²) in [5.74, 6) is 0.0503. The maximum atomic E-state index is 13.6. The summed E-state index contributed by atoms with van der Waals surface area (Å²) < 4.78 is 1.90. The van der Waals surface area contributed by atoms with Crippen LogP contribution in [0.15, 0.2) is 12.3 Å². The Balaban J connectivity index is 1.69. The van der Waals surface area contributed by atoms with Crippen LogP contribution >= 0.6 is 0 Å². The molecule has 0 aromatic carbocycles. The summed E-state index contributed by atoms with van der Waals surface area (Å²) in [6, 6.07) is 1.71. The molecule has 0 N–H and O–H groups in total. The molecule has 4 heterocycles. The number of aromatic nitrogens is 3. The highest BCUT2D eigenvalue weighted by Crippen LogP contribution is 2.27. The smallest absolute Gasteiger partial charge is 0.255 e. The van der Waals surface area contributed by atoms with Crippen LogP contribution in [0.1, 0.15) is 74.5 Å². The summed E-state index contributed by atoms with van der Waals surface area (Å²) in [4.78, 5) is 35.2.